The molecule has 0 N–H and O–H groups in total. The van der Waals surface area contributed by atoms with Gasteiger partial charge >= 0.3 is 6.18 Å². The minimum atomic E-state index is -4.21. The second-order valence-electron chi connectivity index (χ2n) is 4.55. The van der Waals surface area contributed by atoms with Crippen molar-refractivity contribution in [2.24, 2.45) is 5.92 Å². The third-order valence-corrected chi connectivity index (χ3v) is 3.64. The Labute approximate surface area is 120 Å². The first-order valence-corrected chi connectivity index (χ1v) is 6.71. The van der Waals surface area contributed by atoms with E-state index in [9.17, 15) is 13.2 Å². The van der Waals surface area contributed by atoms with E-state index in [0.29, 0.717) is 10.3 Å². The summed E-state index contributed by atoms with van der Waals surface area (Å²) < 4.78 is 40.7. The number of fused-ring (bicyclic) bond motifs is 1. The quantitative estimate of drug-likeness (QED) is 0.795. The first-order valence-electron chi connectivity index (χ1n) is 5.92. The Morgan fingerprint density at radius 3 is 2.55 bits per heavy atom. The highest BCUT2D eigenvalue weighted by atomic mass is 79.9. The van der Waals surface area contributed by atoms with Gasteiger partial charge in [0.1, 0.15) is 5.82 Å². The van der Waals surface area contributed by atoms with Crippen molar-refractivity contribution in [1.29, 1.82) is 0 Å². The van der Waals surface area contributed by atoms with Gasteiger partial charge in [-0.05, 0) is 22.4 Å². The summed E-state index contributed by atoms with van der Waals surface area (Å²) in [5, 5.41) is 7.85. The number of aromatic nitrogens is 5. The summed E-state index contributed by atoms with van der Waals surface area (Å²) in [5.74, 6) is -0.275. The summed E-state index contributed by atoms with van der Waals surface area (Å²) >= 11 is 3.20. The molecule has 0 saturated carbocycles. The average Bonchev–Trinajstić information content (AvgIpc) is 2.81. The Morgan fingerprint density at radius 1 is 1.20 bits per heavy atom. The molecule has 0 amide bonds. The maximum Gasteiger partial charge on any atom is 0.393 e. The summed E-state index contributed by atoms with van der Waals surface area (Å²) in [6, 6.07) is 0. The van der Waals surface area contributed by atoms with Crippen LogP contribution in [0, 0.1) is 5.92 Å². The molecule has 0 aromatic carbocycles. The van der Waals surface area contributed by atoms with Gasteiger partial charge in [0.2, 0.25) is 5.82 Å². The second-order valence-corrected chi connectivity index (χ2v) is 5.47. The van der Waals surface area contributed by atoms with Crippen LogP contribution in [0.3, 0.4) is 0 Å². The van der Waals surface area contributed by atoms with E-state index < -0.39 is 12.1 Å². The van der Waals surface area contributed by atoms with Crippen LogP contribution in [-0.4, -0.2) is 30.9 Å². The lowest BCUT2D eigenvalue weighted by atomic mass is 9.99. The zero-order chi connectivity index (χ0) is 14.3. The van der Waals surface area contributed by atoms with Crippen molar-refractivity contribution in [1.82, 2.24) is 24.7 Å². The topological polar surface area (TPSA) is 56.5 Å². The van der Waals surface area contributed by atoms with Crippen molar-refractivity contribution < 1.29 is 13.2 Å². The smallest absolute Gasteiger partial charge is 0.308 e. The van der Waals surface area contributed by atoms with Gasteiger partial charge in [-0.3, -0.25) is 0 Å². The van der Waals surface area contributed by atoms with Gasteiger partial charge in [0.15, 0.2) is 5.82 Å². The molecule has 1 atom stereocenters. The van der Waals surface area contributed by atoms with Gasteiger partial charge in [0, 0.05) is 25.4 Å². The van der Waals surface area contributed by atoms with Crippen LogP contribution < -0.4 is 0 Å². The van der Waals surface area contributed by atoms with Crippen LogP contribution in [0.5, 0.6) is 0 Å². The number of hydrogen-bond donors (Lipinski definition) is 0. The molecule has 2 aromatic rings. The normalized spacial score (nSPS) is 18.9. The molecule has 5 nitrogen and oxygen atoms in total. The third kappa shape index (κ3) is 2.41. The summed E-state index contributed by atoms with van der Waals surface area (Å²) in [5.41, 5.74) is 0. The predicted molar refractivity (Wildman–Crippen MR) is 66.6 cm³/mol. The monoisotopic (exact) mass is 347 g/mol. The van der Waals surface area contributed by atoms with Crippen molar-refractivity contribution in [3.05, 3.63) is 22.7 Å². The number of aryl methyl sites for hydroxylation is 1. The van der Waals surface area contributed by atoms with Crippen LogP contribution in [0.1, 0.15) is 12.2 Å². The maximum absolute atomic E-state index is 12.8. The van der Waals surface area contributed by atoms with E-state index in [-0.39, 0.29) is 31.0 Å². The molecular weight excluding hydrogens is 339 g/mol. The minimum absolute atomic E-state index is 0.0445. The Morgan fingerprint density at radius 2 is 1.90 bits per heavy atom. The Hall–Kier alpha value is -1.51. The zero-order valence-corrected chi connectivity index (χ0v) is 11.7. The zero-order valence-electron chi connectivity index (χ0n) is 10.1. The van der Waals surface area contributed by atoms with Gasteiger partial charge in [-0.15, -0.1) is 10.2 Å². The van der Waals surface area contributed by atoms with Crippen LogP contribution in [0.4, 0.5) is 13.2 Å². The molecule has 1 aliphatic rings. The van der Waals surface area contributed by atoms with E-state index in [0.717, 1.165) is 0 Å². The minimum Gasteiger partial charge on any atom is -0.308 e. The summed E-state index contributed by atoms with van der Waals surface area (Å²) in [6.07, 6.45) is -0.863. The predicted octanol–water partition coefficient (Wildman–Crippen LogP) is 2.62. The van der Waals surface area contributed by atoms with E-state index >= 15 is 0 Å². The largest absolute Gasteiger partial charge is 0.393 e. The van der Waals surface area contributed by atoms with Crippen molar-refractivity contribution in [3.8, 4) is 11.6 Å². The molecule has 0 spiro atoms. The van der Waals surface area contributed by atoms with E-state index in [4.69, 9.17) is 0 Å². The fraction of sp³-hybridized carbons (Fsp3) is 0.455. The molecule has 1 aliphatic heterocycles. The highest BCUT2D eigenvalue weighted by molar-refractivity contribution is 9.10. The fourth-order valence-corrected chi connectivity index (χ4v) is 2.39. The molecule has 9 heteroatoms. The van der Waals surface area contributed by atoms with Gasteiger partial charge in [-0.25, -0.2) is 9.97 Å². The highest BCUT2D eigenvalue weighted by Crippen LogP contribution is 2.35. The van der Waals surface area contributed by atoms with Crippen molar-refractivity contribution in [2.75, 3.05) is 0 Å². The summed E-state index contributed by atoms with van der Waals surface area (Å²) in [4.78, 5) is 8.11. The second kappa shape index (κ2) is 4.80. The Kier molecular flexibility index (Phi) is 3.23. The lowest BCUT2D eigenvalue weighted by Crippen LogP contribution is -2.32. The van der Waals surface area contributed by atoms with Crippen LogP contribution >= 0.6 is 15.9 Å². The highest BCUT2D eigenvalue weighted by Gasteiger charge is 2.42. The molecule has 0 bridgehead atoms. The number of nitrogens with zero attached hydrogens (tertiary/aromatic N) is 5. The molecule has 0 saturated heterocycles. The number of hydrogen-bond acceptors (Lipinski definition) is 4. The van der Waals surface area contributed by atoms with Crippen molar-refractivity contribution in [2.45, 2.75) is 25.6 Å². The van der Waals surface area contributed by atoms with E-state index in [1.165, 1.54) is 17.0 Å². The Bertz CT molecular complexity index is 622. The first kappa shape index (κ1) is 13.5. The SMILES string of the molecule is FC(F)(F)C1CCc2nnc(-c3ncc(Br)cn3)n2C1. The van der Waals surface area contributed by atoms with Crippen LogP contribution in [0.2, 0.25) is 0 Å². The summed E-state index contributed by atoms with van der Waals surface area (Å²) in [7, 11) is 0. The molecule has 0 radical (unpaired) electrons. The lowest BCUT2D eigenvalue weighted by molar-refractivity contribution is -0.182. The van der Waals surface area contributed by atoms with Gasteiger partial charge in [-0.1, -0.05) is 0 Å². The van der Waals surface area contributed by atoms with Gasteiger partial charge in [0.05, 0.1) is 10.4 Å². The standard InChI is InChI=1S/C11H9BrF3N5/c12-7-3-16-9(17-4-7)10-19-18-8-2-1-6(5-20(8)10)11(13,14)15/h3-4,6H,1-2,5H2. The van der Waals surface area contributed by atoms with Gasteiger partial charge < -0.3 is 4.57 Å². The first-order chi connectivity index (χ1) is 9.45. The van der Waals surface area contributed by atoms with Gasteiger partial charge in [-0.2, -0.15) is 13.2 Å². The number of rotatable bonds is 1. The molecular formula is C11H9BrF3N5. The molecule has 106 valence electrons. The fourth-order valence-electron chi connectivity index (χ4n) is 2.19. The van der Waals surface area contributed by atoms with Crippen LogP contribution in [-0.2, 0) is 13.0 Å². The molecule has 20 heavy (non-hydrogen) atoms. The van der Waals surface area contributed by atoms with Crippen molar-refractivity contribution in [3.63, 3.8) is 0 Å². The van der Waals surface area contributed by atoms with Crippen LogP contribution in [0.25, 0.3) is 11.6 Å². The molecule has 0 aliphatic carbocycles. The number of halogens is 4. The third-order valence-electron chi connectivity index (χ3n) is 3.23. The van der Waals surface area contributed by atoms with E-state index in [1.807, 2.05) is 0 Å². The maximum atomic E-state index is 12.8. The van der Waals surface area contributed by atoms with E-state index in [1.54, 1.807) is 0 Å². The molecule has 3 rings (SSSR count). The number of alkyl halides is 3. The van der Waals surface area contributed by atoms with Gasteiger partial charge in [0.25, 0.3) is 0 Å². The Balaban J connectivity index is 1.97. The van der Waals surface area contributed by atoms with E-state index in [2.05, 4.69) is 36.1 Å². The average molecular weight is 348 g/mol. The van der Waals surface area contributed by atoms with Crippen LogP contribution in [0.15, 0.2) is 16.9 Å². The molecule has 2 aromatic heterocycles. The summed E-state index contributed by atoms with van der Waals surface area (Å²) in [6.45, 7) is -0.180. The molecule has 0 fully saturated rings. The van der Waals surface area contributed by atoms with Crippen molar-refractivity contribution >= 4 is 15.9 Å². The lowest BCUT2D eigenvalue weighted by Gasteiger charge is -2.25. The molecule has 1 unspecified atom stereocenters. The molecule has 3 heterocycles.